The molecule has 0 spiro atoms. The van der Waals surface area contributed by atoms with Gasteiger partial charge in [-0.1, -0.05) is 40.9 Å². The predicted octanol–water partition coefficient (Wildman–Crippen LogP) is 5.35. The first-order chi connectivity index (χ1) is 16.3. The molecule has 0 fully saturated rings. The van der Waals surface area contributed by atoms with E-state index in [4.69, 9.17) is 23.2 Å². The highest BCUT2D eigenvalue weighted by Gasteiger charge is 2.25. The Morgan fingerprint density at radius 3 is 2.50 bits per heavy atom. The largest absolute Gasteiger partial charge is 0.337 e. The maximum Gasteiger partial charge on any atom is 0.337 e. The summed E-state index contributed by atoms with van der Waals surface area (Å²) >= 11 is 13.7. The Bertz CT molecular complexity index is 1550. The van der Waals surface area contributed by atoms with E-state index in [-0.39, 0.29) is 17.5 Å². The first-order valence-electron chi connectivity index (χ1n) is 11.0. The molecule has 6 nitrogen and oxygen atoms in total. The molecule has 1 aliphatic rings. The number of rotatable bonds is 4. The molecule has 0 bridgehead atoms. The maximum absolute atomic E-state index is 13.6. The molecule has 0 atom stereocenters. The van der Waals surface area contributed by atoms with Crippen LogP contribution in [-0.4, -0.2) is 15.0 Å². The van der Waals surface area contributed by atoms with E-state index >= 15 is 0 Å². The summed E-state index contributed by atoms with van der Waals surface area (Å²) in [7, 11) is 0. The molecule has 2 aromatic carbocycles. The lowest BCUT2D eigenvalue weighted by atomic mass is 9.97. The summed E-state index contributed by atoms with van der Waals surface area (Å²) in [6, 6.07) is 12.0. The Morgan fingerprint density at radius 1 is 1.03 bits per heavy atom. The zero-order chi connectivity index (χ0) is 24.0. The molecule has 174 valence electrons. The Hall–Kier alpha value is -2.87. The van der Waals surface area contributed by atoms with Crippen LogP contribution in [0.2, 0.25) is 10.0 Å². The van der Waals surface area contributed by atoms with Gasteiger partial charge in [-0.05, 0) is 68.5 Å². The molecule has 9 heteroatoms. The zero-order valence-corrected chi connectivity index (χ0v) is 20.7. The molecule has 1 aliphatic carbocycles. The minimum Gasteiger partial charge on any atom is -0.325 e. The molecule has 0 saturated heterocycles. The number of nitrogens with zero attached hydrogens (tertiary/aromatic N) is 2. The molecule has 2 aromatic heterocycles. The third-order valence-corrected chi connectivity index (χ3v) is 8.09. The lowest BCUT2D eigenvalue weighted by Gasteiger charge is -2.14. The molecule has 34 heavy (non-hydrogen) atoms. The standard InChI is InChI=1S/C25H21Cl2N3O3S/c1-14-6-8-15(9-7-14)28-21(31)13-29-24-22(17-4-2-3-5-20(17)34-24)23(32)30(25(29)33)16-10-11-18(26)19(27)12-16/h6-12H,2-5,13H2,1H3,(H,28,31). The van der Waals surface area contributed by atoms with Gasteiger partial charge in [-0.2, -0.15) is 0 Å². The van der Waals surface area contributed by atoms with Crippen LogP contribution >= 0.6 is 34.5 Å². The Labute approximate surface area is 209 Å². The van der Waals surface area contributed by atoms with Crippen molar-refractivity contribution in [3.05, 3.63) is 89.4 Å². The summed E-state index contributed by atoms with van der Waals surface area (Å²) in [5, 5.41) is 3.91. The number of aryl methyl sites for hydroxylation is 3. The molecule has 0 unspecified atom stereocenters. The van der Waals surface area contributed by atoms with Crippen LogP contribution in [0.5, 0.6) is 0 Å². The van der Waals surface area contributed by atoms with Gasteiger partial charge in [0, 0.05) is 10.6 Å². The quantitative estimate of drug-likeness (QED) is 0.399. The Morgan fingerprint density at radius 2 is 1.76 bits per heavy atom. The van der Waals surface area contributed by atoms with Crippen LogP contribution < -0.4 is 16.6 Å². The fourth-order valence-corrected chi connectivity index (χ4v) is 6.01. The van der Waals surface area contributed by atoms with Gasteiger partial charge in [-0.15, -0.1) is 11.3 Å². The molecular weight excluding hydrogens is 493 g/mol. The average molecular weight is 514 g/mol. The molecule has 4 aromatic rings. The second-order valence-corrected chi connectivity index (χ2v) is 10.3. The number of amides is 1. The Kier molecular flexibility index (Phi) is 6.10. The number of benzene rings is 2. The number of carbonyl (C=O) groups is 1. The van der Waals surface area contributed by atoms with Crippen LogP contribution in [0.3, 0.4) is 0 Å². The van der Waals surface area contributed by atoms with Gasteiger partial charge in [0.1, 0.15) is 11.4 Å². The first-order valence-corrected chi connectivity index (χ1v) is 12.5. The molecule has 0 saturated carbocycles. The van der Waals surface area contributed by atoms with Gasteiger partial charge in [0.2, 0.25) is 5.91 Å². The van der Waals surface area contributed by atoms with Crippen molar-refractivity contribution in [2.45, 2.75) is 39.2 Å². The van der Waals surface area contributed by atoms with Gasteiger partial charge in [0.05, 0.1) is 21.1 Å². The van der Waals surface area contributed by atoms with Crippen LogP contribution in [0.4, 0.5) is 5.69 Å². The summed E-state index contributed by atoms with van der Waals surface area (Å²) in [5.74, 6) is -0.349. The summed E-state index contributed by atoms with van der Waals surface area (Å²) in [6.45, 7) is 1.75. The van der Waals surface area contributed by atoms with Crippen LogP contribution in [0, 0.1) is 6.92 Å². The molecule has 1 N–H and O–H groups in total. The molecule has 0 aliphatic heterocycles. The van der Waals surface area contributed by atoms with Crippen LogP contribution in [0.15, 0.2) is 52.1 Å². The van der Waals surface area contributed by atoms with E-state index in [1.165, 1.54) is 22.0 Å². The van der Waals surface area contributed by atoms with Crippen LogP contribution in [-0.2, 0) is 24.2 Å². The number of anilines is 1. The monoisotopic (exact) mass is 513 g/mol. The van der Waals surface area contributed by atoms with Crippen molar-refractivity contribution < 1.29 is 4.79 Å². The molecule has 5 rings (SSSR count). The van der Waals surface area contributed by atoms with Crippen molar-refractivity contribution in [3.63, 3.8) is 0 Å². The summed E-state index contributed by atoms with van der Waals surface area (Å²) in [5.41, 5.74) is 2.03. The molecule has 1 amide bonds. The fraction of sp³-hybridized carbons (Fsp3) is 0.240. The Balaban J connectivity index is 1.68. The minimum atomic E-state index is -0.589. The number of fused-ring (bicyclic) bond motifs is 3. The normalized spacial score (nSPS) is 13.1. The van der Waals surface area contributed by atoms with E-state index in [9.17, 15) is 14.4 Å². The van der Waals surface area contributed by atoms with E-state index < -0.39 is 11.2 Å². The summed E-state index contributed by atoms with van der Waals surface area (Å²) in [4.78, 5) is 41.8. The smallest absolute Gasteiger partial charge is 0.325 e. The third-order valence-electron chi connectivity index (χ3n) is 6.04. The third kappa shape index (κ3) is 4.08. The SMILES string of the molecule is Cc1ccc(NC(=O)Cn2c(=O)n(-c3ccc(Cl)c(Cl)c3)c(=O)c3c4c(sc32)CCCC4)cc1. The van der Waals surface area contributed by atoms with E-state index in [0.29, 0.717) is 26.6 Å². The number of aromatic nitrogens is 2. The number of thiophene rings is 1. The average Bonchev–Trinajstić information content (AvgIpc) is 3.20. The van der Waals surface area contributed by atoms with E-state index in [0.717, 1.165) is 46.3 Å². The summed E-state index contributed by atoms with van der Waals surface area (Å²) < 4.78 is 2.48. The topological polar surface area (TPSA) is 73.1 Å². The number of hydrogen-bond donors (Lipinski definition) is 1. The minimum absolute atomic E-state index is 0.218. The zero-order valence-electron chi connectivity index (χ0n) is 18.4. The first kappa shape index (κ1) is 22.9. The van der Waals surface area contributed by atoms with Crippen molar-refractivity contribution >= 4 is 56.3 Å². The van der Waals surface area contributed by atoms with E-state index in [1.807, 2.05) is 31.2 Å². The van der Waals surface area contributed by atoms with Crippen LogP contribution in [0.25, 0.3) is 15.9 Å². The maximum atomic E-state index is 13.6. The summed E-state index contributed by atoms with van der Waals surface area (Å²) in [6.07, 6.45) is 3.67. The fourth-order valence-electron chi connectivity index (χ4n) is 4.34. The second-order valence-electron chi connectivity index (χ2n) is 8.41. The van der Waals surface area contributed by atoms with Crippen molar-refractivity contribution in [1.82, 2.24) is 9.13 Å². The van der Waals surface area contributed by atoms with Crippen molar-refractivity contribution in [2.75, 3.05) is 5.32 Å². The highest BCUT2D eigenvalue weighted by Crippen LogP contribution is 2.34. The van der Waals surface area contributed by atoms with Crippen molar-refractivity contribution in [2.24, 2.45) is 0 Å². The van der Waals surface area contributed by atoms with Crippen molar-refractivity contribution in [3.8, 4) is 5.69 Å². The van der Waals surface area contributed by atoms with Crippen LogP contribution in [0.1, 0.15) is 28.8 Å². The lowest BCUT2D eigenvalue weighted by Crippen LogP contribution is -2.40. The van der Waals surface area contributed by atoms with Crippen molar-refractivity contribution in [1.29, 1.82) is 0 Å². The van der Waals surface area contributed by atoms with Gasteiger partial charge in [-0.25, -0.2) is 9.36 Å². The highest BCUT2D eigenvalue weighted by atomic mass is 35.5. The number of halogens is 2. The second kappa shape index (κ2) is 9.06. The van der Waals surface area contributed by atoms with Gasteiger partial charge in [0.15, 0.2) is 0 Å². The number of hydrogen-bond acceptors (Lipinski definition) is 4. The van der Waals surface area contributed by atoms with E-state index in [2.05, 4.69) is 5.32 Å². The van der Waals surface area contributed by atoms with Gasteiger partial charge >= 0.3 is 5.69 Å². The van der Waals surface area contributed by atoms with Gasteiger partial charge in [-0.3, -0.25) is 14.2 Å². The highest BCUT2D eigenvalue weighted by molar-refractivity contribution is 7.18. The number of nitrogens with one attached hydrogen (secondary N) is 1. The molecular formula is C25H21Cl2N3O3S. The van der Waals surface area contributed by atoms with E-state index in [1.54, 1.807) is 12.1 Å². The van der Waals surface area contributed by atoms with Gasteiger partial charge < -0.3 is 5.32 Å². The number of carbonyl (C=O) groups excluding carboxylic acids is 1. The molecule has 2 heterocycles. The molecule has 0 radical (unpaired) electrons. The van der Waals surface area contributed by atoms with Gasteiger partial charge in [0.25, 0.3) is 5.56 Å². The lowest BCUT2D eigenvalue weighted by molar-refractivity contribution is -0.116. The predicted molar refractivity (Wildman–Crippen MR) is 138 cm³/mol.